The molecule has 0 aliphatic heterocycles. The number of hydrogen-bond donors (Lipinski definition) is 0. The maximum atomic E-state index is 2.54. The Morgan fingerprint density at radius 3 is 1.57 bits per heavy atom. The predicted octanol–water partition coefficient (Wildman–Crippen LogP) is 18.3. The zero-order valence-electron chi connectivity index (χ0n) is 39.5. The summed E-state index contributed by atoms with van der Waals surface area (Å²) in [5.41, 5.74) is 24.7. The van der Waals surface area contributed by atoms with Gasteiger partial charge in [0, 0.05) is 44.1 Å². The summed E-state index contributed by atoms with van der Waals surface area (Å²) in [6, 6.07) is 85.9. The van der Waals surface area contributed by atoms with Gasteiger partial charge in [-0.25, -0.2) is 0 Å². The lowest BCUT2D eigenvalue weighted by Crippen LogP contribution is -2.20. The molecule has 2 nitrogen and oxygen atoms in total. The molecule has 0 N–H and O–H groups in total. The number of para-hydroxylation sites is 4. The second-order valence-corrected chi connectivity index (χ2v) is 19.8. The molecule has 1 atom stereocenters. The van der Waals surface area contributed by atoms with E-state index in [0.717, 1.165) is 23.5 Å². The SMILES string of the molecule is CCC1(C)c2cc(N(c3ccccc3-c3cccc(-c4ccccc4)c3)c3ccccc3-c3ccc4c(c3)C(C)(C)c3ccccc3-4)ccc2-c2ccc(-n3c4ccccc4c4ccccc43)cc21. The molecule has 330 valence electrons. The molecule has 0 saturated carbocycles. The van der Waals surface area contributed by atoms with Crippen molar-refractivity contribution in [3.8, 4) is 61.3 Å². The minimum Gasteiger partial charge on any atom is -0.309 e. The fourth-order valence-corrected chi connectivity index (χ4v) is 12.1. The summed E-state index contributed by atoms with van der Waals surface area (Å²) in [4.78, 5) is 2.54. The summed E-state index contributed by atoms with van der Waals surface area (Å²) >= 11 is 0. The number of anilines is 3. The summed E-state index contributed by atoms with van der Waals surface area (Å²) in [5.74, 6) is 0. The zero-order chi connectivity index (χ0) is 46.4. The van der Waals surface area contributed by atoms with E-state index >= 15 is 0 Å². The van der Waals surface area contributed by atoms with Crippen molar-refractivity contribution < 1.29 is 0 Å². The Labute approximate surface area is 405 Å². The molecule has 69 heavy (non-hydrogen) atoms. The van der Waals surface area contributed by atoms with Crippen molar-refractivity contribution in [1.82, 2.24) is 4.57 Å². The van der Waals surface area contributed by atoms with Crippen molar-refractivity contribution in [2.45, 2.75) is 44.9 Å². The van der Waals surface area contributed by atoms with Crippen LogP contribution in [0.2, 0.25) is 0 Å². The predicted molar refractivity (Wildman–Crippen MR) is 292 cm³/mol. The average Bonchev–Trinajstić information content (AvgIpc) is 3.96. The summed E-state index contributed by atoms with van der Waals surface area (Å²) in [7, 11) is 0. The van der Waals surface area contributed by atoms with Gasteiger partial charge in [-0.05, 0) is 134 Å². The third kappa shape index (κ3) is 6.25. The molecule has 11 aromatic rings. The zero-order valence-corrected chi connectivity index (χ0v) is 39.5. The van der Waals surface area contributed by atoms with Crippen LogP contribution in [0.15, 0.2) is 231 Å². The van der Waals surface area contributed by atoms with E-state index in [2.05, 4.69) is 268 Å². The third-order valence-electron chi connectivity index (χ3n) is 15.8. The van der Waals surface area contributed by atoms with E-state index in [9.17, 15) is 0 Å². The van der Waals surface area contributed by atoms with Gasteiger partial charge < -0.3 is 9.47 Å². The number of rotatable bonds is 8. The molecule has 1 heterocycles. The molecule has 0 radical (unpaired) electrons. The highest BCUT2D eigenvalue weighted by Gasteiger charge is 2.40. The standard InChI is InChI=1S/C67H52N2/c1-5-67(4)60-42-48(35-38-54(60)55-39-36-49(43-61(55)67)69-64-32-17-12-27-56(64)57-28-13-18-33-65(57)69)68(62-30-15-10-24-50(62)46-23-19-22-45(40-46)44-20-7-6-8-21-44)63-31-16-11-25-51(63)47-34-37-53-52-26-9-14-29-58(52)66(2,3)59(53)41-47/h6-43H,5H2,1-4H3. The molecule has 1 unspecified atom stereocenters. The second-order valence-electron chi connectivity index (χ2n) is 19.8. The van der Waals surface area contributed by atoms with E-state index < -0.39 is 0 Å². The van der Waals surface area contributed by atoms with Gasteiger partial charge in [-0.3, -0.25) is 0 Å². The van der Waals surface area contributed by atoms with Crippen molar-refractivity contribution in [3.05, 3.63) is 253 Å². The Hall–Kier alpha value is -8.20. The maximum absolute atomic E-state index is 2.54. The number of nitrogens with zero attached hydrogens (tertiary/aromatic N) is 2. The largest absolute Gasteiger partial charge is 0.309 e. The number of aromatic nitrogens is 1. The Morgan fingerprint density at radius 2 is 0.870 bits per heavy atom. The van der Waals surface area contributed by atoms with E-state index in [-0.39, 0.29) is 10.8 Å². The first-order valence-electron chi connectivity index (χ1n) is 24.5. The van der Waals surface area contributed by atoms with E-state index in [1.807, 2.05) is 0 Å². The van der Waals surface area contributed by atoms with Crippen LogP contribution in [-0.2, 0) is 10.8 Å². The third-order valence-corrected chi connectivity index (χ3v) is 15.8. The molecule has 0 amide bonds. The smallest absolute Gasteiger partial charge is 0.0541 e. The highest BCUT2D eigenvalue weighted by atomic mass is 15.1. The van der Waals surface area contributed by atoms with E-state index in [0.29, 0.717) is 0 Å². The van der Waals surface area contributed by atoms with Crippen LogP contribution in [0.1, 0.15) is 56.4 Å². The van der Waals surface area contributed by atoms with Crippen molar-refractivity contribution >= 4 is 38.9 Å². The molecule has 0 fully saturated rings. The lowest BCUT2D eigenvalue weighted by atomic mass is 9.77. The summed E-state index contributed by atoms with van der Waals surface area (Å²) in [5, 5.41) is 2.56. The number of fused-ring (bicyclic) bond motifs is 9. The van der Waals surface area contributed by atoms with Gasteiger partial charge in [0.15, 0.2) is 0 Å². The molecule has 13 rings (SSSR count). The average molecular weight is 885 g/mol. The van der Waals surface area contributed by atoms with Crippen LogP contribution < -0.4 is 4.90 Å². The first kappa shape index (κ1) is 41.0. The molecule has 2 aliphatic rings. The molecule has 2 heteroatoms. The van der Waals surface area contributed by atoms with Crippen LogP contribution in [0.5, 0.6) is 0 Å². The lowest BCUT2D eigenvalue weighted by molar-refractivity contribution is 0.564. The number of hydrogen-bond acceptors (Lipinski definition) is 1. The van der Waals surface area contributed by atoms with E-state index in [1.165, 1.54) is 105 Å². The van der Waals surface area contributed by atoms with Crippen LogP contribution in [0.3, 0.4) is 0 Å². The molecule has 0 spiro atoms. The van der Waals surface area contributed by atoms with Gasteiger partial charge in [0.2, 0.25) is 0 Å². The van der Waals surface area contributed by atoms with Crippen LogP contribution in [-0.4, -0.2) is 4.57 Å². The first-order valence-corrected chi connectivity index (χ1v) is 24.5. The molecule has 10 aromatic carbocycles. The van der Waals surface area contributed by atoms with Gasteiger partial charge in [0.05, 0.1) is 22.4 Å². The monoisotopic (exact) mass is 884 g/mol. The van der Waals surface area contributed by atoms with Gasteiger partial charge in [0.25, 0.3) is 0 Å². The van der Waals surface area contributed by atoms with Gasteiger partial charge in [0.1, 0.15) is 0 Å². The van der Waals surface area contributed by atoms with Crippen molar-refractivity contribution in [1.29, 1.82) is 0 Å². The van der Waals surface area contributed by atoms with Crippen molar-refractivity contribution in [2.75, 3.05) is 4.90 Å². The second kappa shape index (κ2) is 15.7. The minimum atomic E-state index is -0.231. The highest BCUT2D eigenvalue weighted by Crippen LogP contribution is 2.55. The topological polar surface area (TPSA) is 8.17 Å². The normalized spacial score (nSPS) is 15.2. The number of benzene rings is 10. The van der Waals surface area contributed by atoms with Crippen LogP contribution in [0.25, 0.3) is 83.1 Å². The van der Waals surface area contributed by atoms with Gasteiger partial charge in [-0.2, -0.15) is 0 Å². The fourth-order valence-electron chi connectivity index (χ4n) is 12.1. The Bertz CT molecular complexity index is 3780. The van der Waals surface area contributed by atoms with Gasteiger partial charge in [-0.15, -0.1) is 0 Å². The van der Waals surface area contributed by atoms with Crippen molar-refractivity contribution in [3.63, 3.8) is 0 Å². The Morgan fingerprint density at radius 1 is 0.362 bits per heavy atom. The quantitative estimate of drug-likeness (QED) is 0.148. The molecule has 0 saturated heterocycles. The Kier molecular flexibility index (Phi) is 9.33. The van der Waals surface area contributed by atoms with E-state index in [1.54, 1.807) is 0 Å². The summed E-state index contributed by atoms with van der Waals surface area (Å²) in [6.07, 6.45) is 0.958. The van der Waals surface area contributed by atoms with E-state index in [4.69, 9.17) is 0 Å². The molecular formula is C67H52N2. The van der Waals surface area contributed by atoms with Crippen molar-refractivity contribution in [2.24, 2.45) is 0 Å². The summed E-state index contributed by atoms with van der Waals surface area (Å²) < 4.78 is 2.45. The van der Waals surface area contributed by atoms with Crippen LogP contribution in [0, 0.1) is 0 Å². The molecule has 0 bridgehead atoms. The lowest BCUT2D eigenvalue weighted by Gasteiger charge is -2.32. The van der Waals surface area contributed by atoms with Gasteiger partial charge in [-0.1, -0.05) is 198 Å². The first-order chi connectivity index (χ1) is 33.8. The molecule has 1 aromatic heterocycles. The van der Waals surface area contributed by atoms with Crippen LogP contribution in [0.4, 0.5) is 17.1 Å². The molecular weight excluding hydrogens is 833 g/mol. The Balaban J connectivity index is 0.999. The highest BCUT2D eigenvalue weighted by molar-refractivity contribution is 6.09. The minimum absolute atomic E-state index is 0.117. The summed E-state index contributed by atoms with van der Waals surface area (Å²) in [6.45, 7) is 9.56. The fraction of sp³-hybridized carbons (Fsp3) is 0.104. The molecule has 2 aliphatic carbocycles. The van der Waals surface area contributed by atoms with Gasteiger partial charge >= 0.3 is 0 Å². The maximum Gasteiger partial charge on any atom is 0.0541 e. The van der Waals surface area contributed by atoms with Crippen LogP contribution >= 0.6 is 0 Å².